The maximum absolute atomic E-state index is 5.16. The fourth-order valence-electron chi connectivity index (χ4n) is 2.77. The molecule has 1 aliphatic rings. The first-order valence-corrected chi connectivity index (χ1v) is 7.75. The lowest BCUT2D eigenvalue weighted by molar-refractivity contribution is 0.396. The molecule has 9 heteroatoms. The van der Waals surface area contributed by atoms with Gasteiger partial charge in [-0.3, -0.25) is 0 Å². The first kappa shape index (κ1) is 14.6. The summed E-state index contributed by atoms with van der Waals surface area (Å²) < 4.78 is 7.07. The molecule has 3 aromatic heterocycles. The highest BCUT2D eigenvalue weighted by Crippen LogP contribution is 2.18. The summed E-state index contributed by atoms with van der Waals surface area (Å²) in [6, 6.07) is 1.75. The summed E-state index contributed by atoms with van der Waals surface area (Å²) in [7, 11) is 3.54. The van der Waals surface area contributed by atoms with Gasteiger partial charge in [-0.05, 0) is 0 Å². The Hall–Kier alpha value is -2.97. The van der Waals surface area contributed by atoms with Gasteiger partial charge in [-0.1, -0.05) is 0 Å². The molecule has 3 aromatic rings. The van der Waals surface area contributed by atoms with Crippen molar-refractivity contribution in [1.29, 1.82) is 0 Å². The van der Waals surface area contributed by atoms with Gasteiger partial charge in [0.2, 0.25) is 17.8 Å². The molecule has 4 rings (SSSR count). The quantitative estimate of drug-likeness (QED) is 0.687. The zero-order valence-corrected chi connectivity index (χ0v) is 13.6. The number of methoxy groups -OCH3 is 1. The molecule has 1 saturated heterocycles. The van der Waals surface area contributed by atoms with Crippen molar-refractivity contribution in [1.82, 2.24) is 29.5 Å². The van der Waals surface area contributed by atoms with E-state index in [0.29, 0.717) is 11.8 Å². The van der Waals surface area contributed by atoms with E-state index in [2.05, 4.69) is 34.7 Å². The third-order valence-corrected chi connectivity index (χ3v) is 4.11. The van der Waals surface area contributed by atoms with E-state index < -0.39 is 0 Å². The highest BCUT2D eigenvalue weighted by Gasteiger charge is 2.21. The van der Waals surface area contributed by atoms with Crippen LogP contribution in [0.4, 0.5) is 11.9 Å². The first-order chi connectivity index (χ1) is 11.7. The van der Waals surface area contributed by atoms with Crippen LogP contribution in [-0.4, -0.2) is 62.8 Å². The third-order valence-electron chi connectivity index (χ3n) is 4.11. The fraction of sp³-hybridized carbons (Fsp3) is 0.400. The maximum Gasteiger partial charge on any atom is 0.228 e. The van der Waals surface area contributed by atoms with Gasteiger partial charge in [-0.25, -0.2) is 15.0 Å². The molecule has 0 aromatic carbocycles. The van der Waals surface area contributed by atoms with Gasteiger partial charge in [-0.15, -0.1) is 0 Å². The topological polar surface area (TPSA) is 85.1 Å². The van der Waals surface area contributed by atoms with E-state index in [1.54, 1.807) is 31.9 Å². The first-order valence-electron chi connectivity index (χ1n) is 7.75. The molecule has 1 fully saturated rings. The van der Waals surface area contributed by atoms with Crippen molar-refractivity contribution in [3.05, 3.63) is 24.8 Å². The van der Waals surface area contributed by atoms with Crippen LogP contribution in [0.2, 0.25) is 0 Å². The molecule has 0 saturated carbocycles. The second-order valence-corrected chi connectivity index (χ2v) is 5.61. The molecule has 0 spiro atoms. The Kier molecular flexibility index (Phi) is 3.60. The lowest BCUT2D eigenvalue weighted by Crippen LogP contribution is -2.47. The lowest BCUT2D eigenvalue weighted by atomic mass is 10.3. The van der Waals surface area contributed by atoms with Crippen molar-refractivity contribution in [2.45, 2.75) is 0 Å². The number of hydrogen-bond donors (Lipinski definition) is 0. The Morgan fingerprint density at radius 2 is 1.67 bits per heavy atom. The SMILES string of the molecule is COc1ccnc(N2CCN(c3ncc4ncn(C)c4n3)CC2)n1. The molecule has 1 aliphatic heterocycles. The molecule has 0 radical (unpaired) electrons. The number of imidazole rings is 1. The van der Waals surface area contributed by atoms with E-state index in [-0.39, 0.29) is 0 Å². The van der Waals surface area contributed by atoms with Crippen molar-refractivity contribution in [2.24, 2.45) is 7.05 Å². The third kappa shape index (κ3) is 2.57. The Balaban J connectivity index is 1.49. The van der Waals surface area contributed by atoms with E-state index >= 15 is 0 Å². The second-order valence-electron chi connectivity index (χ2n) is 5.61. The van der Waals surface area contributed by atoms with Crippen LogP contribution in [0.1, 0.15) is 0 Å². The molecule has 24 heavy (non-hydrogen) atoms. The molecular formula is C15H18N8O. The minimum Gasteiger partial charge on any atom is -0.481 e. The van der Waals surface area contributed by atoms with Crippen LogP contribution in [-0.2, 0) is 7.05 Å². The fourth-order valence-corrected chi connectivity index (χ4v) is 2.77. The van der Waals surface area contributed by atoms with Gasteiger partial charge in [-0.2, -0.15) is 9.97 Å². The van der Waals surface area contributed by atoms with Crippen LogP contribution < -0.4 is 14.5 Å². The summed E-state index contributed by atoms with van der Waals surface area (Å²) in [5.41, 5.74) is 1.66. The zero-order valence-electron chi connectivity index (χ0n) is 13.6. The predicted molar refractivity (Wildman–Crippen MR) is 89.3 cm³/mol. The van der Waals surface area contributed by atoms with E-state index in [1.165, 1.54) is 0 Å². The minimum atomic E-state index is 0.576. The Morgan fingerprint density at radius 3 is 2.38 bits per heavy atom. The number of nitrogens with zero attached hydrogens (tertiary/aromatic N) is 8. The number of hydrogen-bond acceptors (Lipinski definition) is 8. The summed E-state index contributed by atoms with van der Waals surface area (Å²) in [6.45, 7) is 3.23. The monoisotopic (exact) mass is 326 g/mol. The van der Waals surface area contributed by atoms with E-state index in [4.69, 9.17) is 4.74 Å². The van der Waals surface area contributed by atoms with Crippen molar-refractivity contribution in [2.75, 3.05) is 43.1 Å². The van der Waals surface area contributed by atoms with Crippen molar-refractivity contribution in [3.8, 4) is 5.88 Å². The van der Waals surface area contributed by atoms with Crippen LogP contribution in [0.25, 0.3) is 11.2 Å². The highest BCUT2D eigenvalue weighted by atomic mass is 16.5. The number of anilines is 2. The van der Waals surface area contributed by atoms with Crippen molar-refractivity contribution < 1.29 is 4.74 Å². The Morgan fingerprint density at radius 1 is 0.958 bits per heavy atom. The average molecular weight is 326 g/mol. The molecular weight excluding hydrogens is 308 g/mol. The van der Waals surface area contributed by atoms with Crippen LogP contribution >= 0.6 is 0 Å². The standard InChI is InChI=1S/C15H18N8O/c1-21-10-18-11-9-17-15(20-13(11)21)23-7-5-22(6-8-23)14-16-4-3-12(19-14)24-2/h3-4,9-10H,5-8H2,1-2H3. The van der Waals surface area contributed by atoms with Gasteiger partial charge < -0.3 is 19.1 Å². The van der Waals surface area contributed by atoms with Gasteiger partial charge in [0.15, 0.2) is 5.65 Å². The number of piperazine rings is 1. The van der Waals surface area contributed by atoms with Gasteiger partial charge in [0.1, 0.15) is 5.52 Å². The molecule has 0 amide bonds. The van der Waals surface area contributed by atoms with E-state index in [0.717, 1.165) is 43.3 Å². The van der Waals surface area contributed by atoms with Gasteiger partial charge >= 0.3 is 0 Å². The molecule has 0 atom stereocenters. The van der Waals surface area contributed by atoms with Crippen molar-refractivity contribution >= 4 is 23.1 Å². The maximum atomic E-state index is 5.16. The molecule has 9 nitrogen and oxygen atoms in total. The summed E-state index contributed by atoms with van der Waals surface area (Å²) >= 11 is 0. The number of ether oxygens (including phenoxy) is 1. The normalized spacial score (nSPS) is 15.1. The summed E-state index contributed by atoms with van der Waals surface area (Å²) in [5.74, 6) is 2.00. The summed E-state index contributed by atoms with van der Waals surface area (Å²) in [6.07, 6.45) is 5.24. The molecule has 0 bridgehead atoms. The van der Waals surface area contributed by atoms with Crippen LogP contribution in [0.15, 0.2) is 24.8 Å². The Bertz CT molecular complexity index is 856. The van der Waals surface area contributed by atoms with E-state index in [9.17, 15) is 0 Å². The van der Waals surface area contributed by atoms with Crippen LogP contribution in [0.3, 0.4) is 0 Å². The molecule has 0 aliphatic carbocycles. The summed E-state index contributed by atoms with van der Waals surface area (Å²) in [4.78, 5) is 26.4. The van der Waals surface area contributed by atoms with Gasteiger partial charge in [0, 0.05) is 45.5 Å². The minimum absolute atomic E-state index is 0.576. The number of aryl methyl sites for hydroxylation is 1. The molecule has 4 heterocycles. The van der Waals surface area contributed by atoms with Gasteiger partial charge in [0.05, 0.1) is 19.6 Å². The molecule has 0 unspecified atom stereocenters. The largest absolute Gasteiger partial charge is 0.481 e. The van der Waals surface area contributed by atoms with Crippen LogP contribution in [0.5, 0.6) is 5.88 Å². The molecule has 124 valence electrons. The van der Waals surface area contributed by atoms with Crippen LogP contribution in [0, 0.1) is 0 Å². The van der Waals surface area contributed by atoms with E-state index in [1.807, 2.05) is 11.6 Å². The Labute approximate surface area is 139 Å². The second kappa shape index (κ2) is 5.91. The van der Waals surface area contributed by atoms with Gasteiger partial charge in [0.25, 0.3) is 0 Å². The molecule has 0 N–H and O–H groups in total. The summed E-state index contributed by atoms with van der Waals surface area (Å²) in [5, 5.41) is 0. The highest BCUT2D eigenvalue weighted by molar-refractivity contribution is 5.70. The zero-order chi connectivity index (χ0) is 16.5. The predicted octanol–water partition coefficient (Wildman–Crippen LogP) is 0.488. The number of rotatable bonds is 3. The number of aromatic nitrogens is 6. The smallest absolute Gasteiger partial charge is 0.228 e. The lowest BCUT2D eigenvalue weighted by Gasteiger charge is -2.34. The number of fused-ring (bicyclic) bond motifs is 1. The van der Waals surface area contributed by atoms with Crippen molar-refractivity contribution in [3.63, 3.8) is 0 Å². The average Bonchev–Trinajstić information content (AvgIpc) is 3.02.